The number of carboxylic acid groups (broad SMARTS) is 1. The SMILES string of the molecule is O=C([O-])c1cccc(-c2ccccc2-c2cc(Cl)ccc2OCc2ccccc2F)n1. The number of nitrogens with zero attached hydrogens (tertiary/aromatic N) is 1. The fourth-order valence-electron chi connectivity index (χ4n) is 3.25. The second-order valence-corrected chi connectivity index (χ2v) is 7.20. The van der Waals surface area contributed by atoms with Crippen molar-refractivity contribution in [3.63, 3.8) is 0 Å². The van der Waals surface area contributed by atoms with Gasteiger partial charge < -0.3 is 14.6 Å². The van der Waals surface area contributed by atoms with Gasteiger partial charge in [0, 0.05) is 21.7 Å². The van der Waals surface area contributed by atoms with Crippen molar-refractivity contribution in [1.82, 2.24) is 4.98 Å². The third-order valence-electron chi connectivity index (χ3n) is 4.73. The van der Waals surface area contributed by atoms with Crippen LogP contribution in [-0.2, 0) is 6.61 Å². The molecule has 0 N–H and O–H groups in total. The predicted molar refractivity (Wildman–Crippen MR) is 115 cm³/mol. The van der Waals surface area contributed by atoms with Gasteiger partial charge in [0.1, 0.15) is 18.2 Å². The number of carbonyl (C=O) groups excluding carboxylic acids is 1. The molecule has 1 aromatic heterocycles. The molecule has 4 aromatic rings. The summed E-state index contributed by atoms with van der Waals surface area (Å²) in [5.41, 5.74) is 2.87. The molecule has 0 unspecified atom stereocenters. The van der Waals surface area contributed by atoms with Crippen LogP contribution < -0.4 is 9.84 Å². The van der Waals surface area contributed by atoms with Gasteiger partial charge in [0.05, 0.1) is 17.4 Å². The van der Waals surface area contributed by atoms with E-state index >= 15 is 0 Å². The standard InChI is InChI=1S/C25H17ClFNO3/c26-17-12-13-24(31-15-16-6-1-4-9-21(16)27)20(14-17)18-7-2-3-8-19(18)22-10-5-11-23(28-22)25(29)30/h1-14H,15H2,(H,29,30)/p-1. The van der Waals surface area contributed by atoms with Crippen LogP contribution in [-0.4, -0.2) is 11.0 Å². The van der Waals surface area contributed by atoms with Crippen LogP contribution in [0.25, 0.3) is 22.4 Å². The molecule has 154 valence electrons. The highest BCUT2D eigenvalue weighted by Crippen LogP contribution is 2.38. The van der Waals surface area contributed by atoms with E-state index in [9.17, 15) is 14.3 Å². The van der Waals surface area contributed by atoms with Gasteiger partial charge in [0.2, 0.25) is 0 Å². The molecule has 0 fully saturated rings. The zero-order valence-corrected chi connectivity index (χ0v) is 17.0. The molecule has 0 aliphatic rings. The molecule has 4 rings (SSSR count). The highest BCUT2D eigenvalue weighted by molar-refractivity contribution is 6.31. The van der Waals surface area contributed by atoms with Crippen molar-refractivity contribution in [2.45, 2.75) is 6.61 Å². The summed E-state index contributed by atoms with van der Waals surface area (Å²) in [5, 5.41) is 11.7. The minimum Gasteiger partial charge on any atom is -0.543 e. The maximum Gasteiger partial charge on any atom is 0.129 e. The van der Waals surface area contributed by atoms with Crippen molar-refractivity contribution >= 4 is 17.6 Å². The largest absolute Gasteiger partial charge is 0.543 e. The summed E-state index contributed by atoms with van der Waals surface area (Å²) in [4.78, 5) is 15.4. The molecule has 3 aromatic carbocycles. The van der Waals surface area contributed by atoms with Gasteiger partial charge >= 0.3 is 0 Å². The number of hydrogen-bond donors (Lipinski definition) is 0. The van der Waals surface area contributed by atoms with E-state index in [2.05, 4.69) is 4.98 Å². The molecule has 0 saturated carbocycles. The van der Waals surface area contributed by atoms with Crippen molar-refractivity contribution in [3.05, 3.63) is 107 Å². The minimum atomic E-state index is -1.35. The number of aromatic nitrogens is 1. The fraction of sp³-hybridized carbons (Fsp3) is 0.0400. The Hall–Kier alpha value is -3.70. The molecule has 0 aliphatic carbocycles. The first-order valence-corrected chi connectivity index (χ1v) is 9.84. The number of ether oxygens (including phenoxy) is 1. The molecule has 0 bridgehead atoms. The lowest BCUT2D eigenvalue weighted by molar-refractivity contribution is -0.255. The summed E-state index contributed by atoms with van der Waals surface area (Å²) in [7, 11) is 0. The summed E-state index contributed by atoms with van der Waals surface area (Å²) < 4.78 is 19.9. The lowest BCUT2D eigenvalue weighted by Crippen LogP contribution is -2.23. The van der Waals surface area contributed by atoms with E-state index in [-0.39, 0.29) is 18.1 Å². The number of aromatic carboxylic acids is 1. The fourth-order valence-corrected chi connectivity index (χ4v) is 3.42. The lowest BCUT2D eigenvalue weighted by Gasteiger charge is -2.16. The molecular weight excluding hydrogens is 417 g/mol. The summed E-state index contributed by atoms with van der Waals surface area (Å²) >= 11 is 6.26. The van der Waals surface area contributed by atoms with Crippen LogP contribution in [0.5, 0.6) is 5.75 Å². The van der Waals surface area contributed by atoms with Gasteiger partial charge in [-0.3, -0.25) is 0 Å². The maximum atomic E-state index is 14.0. The molecule has 0 radical (unpaired) electrons. The quantitative estimate of drug-likeness (QED) is 0.422. The Morgan fingerprint density at radius 3 is 2.42 bits per heavy atom. The zero-order valence-electron chi connectivity index (χ0n) is 16.2. The number of halogens is 2. The number of carbonyl (C=O) groups is 1. The first kappa shape index (κ1) is 20.6. The smallest absolute Gasteiger partial charge is 0.129 e. The van der Waals surface area contributed by atoms with Gasteiger partial charge in [-0.15, -0.1) is 0 Å². The van der Waals surface area contributed by atoms with Crippen LogP contribution in [0.1, 0.15) is 16.1 Å². The van der Waals surface area contributed by atoms with E-state index in [1.165, 1.54) is 12.1 Å². The number of rotatable bonds is 6. The van der Waals surface area contributed by atoms with Crippen LogP contribution >= 0.6 is 11.6 Å². The number of carboxylic acids is 1. The van der Waals surface area contributed by atoms with Crippen LogP contribution in [0.2, 0.25) is 5.02 Å². The molecule has 31 heavy (non-hydrogen) atoms. The predicted octanol–water partition coefficient (Wildman–Crippen LogP) is 5.15. The molecule has 1 heterocycles. The second-order valence-electron chi connectivity index (χ2n) is 6.76. The summed E-state index contributed by atoms with van der Waals surface area (Å²) in [6.07, 6.45) is 0. The molecule has 0 saturated heterocycles. The molecule has 0 atom stereocenters. The van der Waals surface area contributed by atoms with Gasteiger partial charge in [-0.25, -0.2) is 9.37 Å². The molecule has 0 amide bonds. The normalized spacial score (nSPS) is 10.6. The number of hydrogen-bond acceptors (Lipinski definition) is 4. The average Bonchev–Trinajstić information content (AvgIpc) is 2.79. The summed E-state index contributed by atoms with van der Waals surface area (Å²) in [6.45, 7) is 0.0435. The van der Waals surface area contributed by atoms with Crippen molar-refractivity contribution in [1.29, 1.82) is 0 Å². The van der Waals surface area contributed by atoms with Crippen molar-refractivity contribution < 1.29 is 19.0 Å². The highest BCUT2D eigenvalue weighted by Gasteiger charge is 2.15. The number of benzene rings is 3. The third-order valence-corrected chi connectivity index (χ3v) is 4.97. The molecule has 6 heteroatoms. The van der Waals surface area contributed by atoms with E-state index in [1.807, 2.05) is 24.3 Å². The minimum absolute atomic E-state index is 0.0435. The average molecular weight is 433 g/mol. The Morgan fingerprint density at radius 1 is 0.903 bits per heavy atom. The van der Waals surface area contributed by atoms with E-state index < -0.39 is 5.97 Å². The Bertz CT molecular complexity index is 1260. The highest BCUT2D eigenvalue weighted by atomic mass is 35.5. The second kappa shape index (κ2) is 8.98. The van der Waals surface area contributed by atoms with E-state index in [1.54, 1.807) is 48.5 Å². The first-order valence-electron chi connectivity index (χ1n) is 9.47. The van der Waals surface area contributed by atoms with Gasteiger partial charge in [-0.2, -0.15) is 0 Å². The van der Waals surface area contributed by atoms with Crippen molar-refractivity contribution in [2.75, 3.05) is 0 Å². The van der Waals surface area contributed by atoms with Gasteiger partial charge in [0.25, 0.3) is 0 Å². The Labute approximate surface area is 183 Å². The molecular formula is C25H16ClFNO3-. The van der Waals surface area contributed by atoms with Crippen LogP contribution in [0.4, 0.5) is 4.39 Å². The van der Waals surface area contributed by atoms with Gasteiger partial charge in [-0.05, 0) is 42.0 Å². The Balaban J connectivity index is 1.77. The summed E-state index contributed by atoms with van der Waals surface area (Å²) in [5.74, 6) is -1.19. The number of pyridine rings is 1. The van der Waals surface area contributed by atoms with Gasteiger partial charge in [-0.1, -0.05) is 60.1 Å². The molecule has 0 aliphatic heterocycles. The monoisotopic (exact) mass is 432 g/mol. The van der Waals surface area contributed by atoms with Crippen molar-refractivity contribution in [3.8, 4) is 28.1 Å². The first-order chi connectivity index (χ1) is 15.0. The topological polar surface area (TPSA) is 62.2 Å². The Kier molecular flexibility index (Phi) is 5.96. The summed E-state index contributed by atoms with van der Waals surface area (Å²) in [6, 6.07) is 23.7. The van der Waals surface area contributed by atoms with Crippen LogP contribution in [0, 0.1) is 5.82 Å². The van der Waals surface area contributed by atoms with Crippen molar-refractivity contribution in [2.24, 2.45) is 0 Å². The molecule has 0 spiro atoms. The third kappa shape index (κ3) is 4.57. The maximum absolute atomic E-state index is 14.0. The lowest BCUT2D eigenvalue weighted by atomic mass is 9.96. The Morgan fingerprint density at radius 2 is 1.65 bits per heavy atom. The van der Waals surface area contributed by atoms with E-state index in [0.717, 1.165) is 5.56 Å². The van der Waals surface area contributed by atoms with Crippen LogP contribution in [0.3, 0.4) is 0 Å². The van der Waals surface area contributed by atoms with Crippen LogP contribution in [0.15, 0.2) is 84.9 Å². The van der Waals surface area contributed by atoms with E-state index in [4.69, 9.17) is 16.3 Å². The van der Waals surface area contributed by atoms with Gasteiger partial charge in [0.15, 0.2) is 0 Å². The molecule has 4 nitrogen and oxygen atoms in total. The zero-order chi connectivity index (χ0) is 21.8. The van der Waals surface area contributed by atoms with E-state index in [0.29, 0.717) is 33.2 Å².